The third kappa shape index (κ3) is 4.10. The molecule has 1 unspecified atom stereocenters. The Kier molecular flexibility index (Phi) is 4.97. The van der Waals surface area contributed by atoms with Crippen molar-refractivity contribution >= 4 is 6.08 Å². The van der Waals surface area contributed by atoms with Gasteiger partial charge in [0.2, 0.25) is 0 Å². The van der Waals surface area contributed by atoms with Crippen molar-refractivity contribution in [2.24, 2.45) is 0 Å². The summed E-state index contributed by atoms with van der Waals surface area (Å²) in [7, 11) is 0. The molecule has 2 aromatic rings. The van der Waals surface area contributed by atoms with Crippen LogP contribution in [-0.4, -0.2) is 0 Å². The van der Waals surface area contributed by atoms with Gasteiger partial charge in [-0.2, -0.15) is 0 Å². The molecule has 0 nitrogen and oxygen atoms in total. The van der Waals surface area contributed by atoms with Crippen molar-refractivity contribution in [1.29, 1.82) is 0 Å². The van der Waals surface area contributed by atoms with Crippen molar-refractivity contribution in [2.75, 3.05) is 0 Å². The third-order valence-corrected chi connectivity index (χ3v) is 3.42. The van der Waals surface area contributed by atoms with Crippen molar-refractivity contribution in [2.45, 2.75) is 32.6 Å². The van der Waals surface area contributed by atoms with Gasteiger partial charge in [-0.3, -0.25) is 0 Å². The maximum Gasteiger partial charge on any atom is -0.000711 e. The fourth-order valence-corrected chi connectivity index (χ4v) is 2.21. The molecule has 0 heteroatoms. The molecule has 0 fully saturated rings. The molecule has 0 N–H and O–H groups in total. The van der Waals surface area contributed by atoms with Gasteiger partial charge in [0.15, 0.2) is 0 Å². The van der Waals surface area contributed by atoms with Gasteiger partial charge in [-0.05, 0) is 29.0 Å². The molecule has 0 radical (unpaired) electrons. The smallest absolute Gasteiger partial charge is 0.000711 e. The van der Waals surface area contributed by atoms with Gasteiger partial charge in [-0.1, -0.05) is 87.0 Å². The van der Waals surface area contributed by atoms with E-state index in [1.54, 1.807) is 0 Å². The summed E-state index contributed by atoms with van der Waals surface area (Å²) in [6, 6.07) is 19.5. The Hall–Kier alpha value is -1.82. The molecule has 0 heterocycles. The molecule has 2 rings (SSSR count). The molecular formula is C19H22. The number of rotatable bonds is 5. The maximum absolute atomic E-state index is 2.27. The lowest BCUT2D eigenvalue weighted by Crippen LogP contribution is -1.87. The highest BCUT2D eigenvalue weighted by Crippen LogP contribution is 2.17. The molecule has 0 aliphatic rings. The van der Waals surface area contributed by atoms with Crippen LogP contribution in [0.2, 0.25) is 0 Å². The molecule has 0 saturated heterocycles. The Balaban J connectivity index is 2.02. The fraction of sp³-hybridized carbons (Fsp3) is 0.263. The van der Waals surface area contributed by atoms with Gasteiger partial charge >= 0.3 is 0 Å². The first-order valence-corrected chi connectivity index (χ1v) is 7.11. The van der Waals surface area contributed by atoms with E-state index >= 15 is 0 Å². The predicted molar refractivity (Wildman–Crippen MR) is 84.3 cm³/mol. The third-order valence-electron chi connectivity index (χ3n) is 3.42. The lowest BCUT2D eigenvalue weighted by Gasteiger charge is -2.06. The van der Waals surface area contributed by atoms with E-state index in [1.807, 2.05) is 0 Å². The molecule has 0 amide bonds. The number of aryl methyl sites for hydroxylation is 1. The lowest BCUT2D eigenvalue weighted by molar-refractivity contribution is 0.922. The zero-order chi connectivity index (χ0) is 13.5. The van der Waals surface area contributed by atoms with Crippen LogP contribution in [0.25, 0.3) is 6.08 Å². The van der Waals surface area contributed by atoms with E-state index in [9.17, 15) is 0 Å². The molecule has 1 atom stereocenters. The Bertz CT molecular complexity index is 505. The monoisotopic (exact) mass is 250 g/mol. The van der Waals surface area contributed by atoms with Crippen LogP contribution in [0.1, 0.15) is 42.9 Å². The van der Waals surface area contributed by atoms with Crippen LogP contribution in [0.15, 0.2) is 60.7 Å². The summed E-state index contributed by atoms with van der Waals surface area (Å²) in [4.78, 5) is 0. The van der Waals surface area contributed by atoms with E-state index in [-0.39, 0.29) is 0 Å². The number of hydrogen-bond acceptors (Lipinski definition) is 0. The Morgan fingerprint density at radius 1 is 0.947 bits per heavy atom. The minimum Gasteiger partial charge on any atom is -0.0767 e. The van der Waals surface area contributed by atoms with Gasteiger partial charge in [-0.25, -0.2) is 0 Å². The molecule has 19 heavy (non-hydrogen) atoms. The van der Waals surface area contributed by atoms with E-state index in [2.05, 4.69) is 80.6 Å². The van der Waals surface area contributed by atoms with Gasteiger partial charge < -0.3 is 0 Å². The molecule has 0 aliphatic carbocycles. The van der Waals surface area contributed by atoms with Crippen molar-refractivity contribution in [3.63, 3.8) is 0 Å². The van der Waals surface area contributed by atoms with Crippen LogP contribution in [-0.2, 0) is 6.42 Å². The number of allylic oxidation sites excluding steroid dienone is 1. The van der Waals surface area contributed by atoms with Crippen LogP contribution >= 0.6 is 0 Å². The van der Waals surface area contributed by atoms with Crippen molar-refractivity contribution in [3.8, 4) is 0 Å². The van der Waals surface area contributed by atoms with Crippen LogP contribution < -0.4 is 0 Å². The fourth-order valence-electron chi connectivity index (χ4n) is 2.21. The summed E-state index contributed by atoms with van der Waals surface area (Å²) in [6.07, 6.45) is 6.86. The molecule has 0 spiro atoms. The average molecular weight is 250 g/mol. The standard InChI is InChI=1S/C19H22/c1-3-7-17-12-14-18(15-13-17)11-10-16(2)19-8-5-4-6-9-19/h4-6,8-16H,3,7H2,1-2H3. The van der Waals surface area contributed by atoms with Crippen molar-refractivity contribution in [3.05, 3.63) is 77.4 Å². The van der Waals surface area contributed by atoms with E-state index in [1.165, 1.54) is 29.5 Å². The zero-order valence-electron chi connectivity index (χ0n) is 11.8. The normalized spacial score (nSPS) is 12.7. The molecule has 0 aromatic heterocycles. The van der Waals surface area contributed by atoms with Crippen LogP contribution in [0.3, 0.4) is 0 Å². The van der Waals surface area contributed by atoms with Crippen LogP contribution in [0.5, 0.6) is 0 Å². The predicted octanol–water partition coefficient (Wildman–Crippen LogP) is 5.46. The summed E-state index contributed by atoms with van der Waals surface area (Å²) < 4.78 is 0. The summed E-state index contributed by atoms with van der Waals surface area (Å²) in [5.41, 5.74) is 4.07. The molecular weight excluding hydrogens is 228 g/mol. The molecule has 0 aliphatic heterocycles. The first-order valence-electron chi connectivity index (χ1n) is 7.11. The highest BCUT2D eigenvalue weighted by molar-refractivity contribution is 5.51. The van der Waals surface area contributed by atoms with E-state index in [0.717, 1.165) is 0 Å². The van der Waals surface area contributed by atoms with Gasteiger partial charge in [0.1, 0.15) is 0 Å². The zero-order valence-corrected chi connectivity index (χ0v) is 11.8. The largest absolute Gasteiger partial charge is 0.0767 e. The average Bonchev–Trinajstić information content (AvgIpc) is 2.47. The summed E-state index contributed by atoms with van der Waals surface area (Å²) >= 11 is 0. The Morgan fingerprint density at radius 2 is 1.63 bits per heavy atom. The highest BCUT2D eigenvalue weighted by atomic mass is 14.0. The van der Waals surface area contributed by atoms with E-state index in [4.69, 9.17) is 0 Å². The second-order valence-corrected chi connectivity index (χ2v) is 5.05. The van der Waals surface area contributed by atoms with Crippen molar-refractivity contribution < 1.29 is 0 Å². The highest BCUT2D eigenvalue weighted by Gasteiger charge is 1.99. The summed E-state index contributed by atoms with van der Waals surface area (Å²) in [5, 5.41) is 0. The van der Waals surface area contributed by atoms with Crippen LogP contribution in [0.4, 0.5) is 0 Å². The van der Waals surface area contributed by atoms with E-state index in [0.29, 0.717) is 5.92 Å². The first-order chi connectivity index (χ1) is 9.29. The lowest BCUT2D eigenvalue weighted by atomic mass is 9.99. The van der Waals surface area contributed by atoms with Gasteiger partial charge in [-0.15, -0.1) is 0 Å². The first kappa shape index (κ1) is 13.6. The Labute approximate surface area is 116 Å². The number of benzene rings is 2. The molecule has 0 bridgehead atoms. The number of hydrogen-bond donors (Lipinski definition) is 0. The van der Waals surface area contributed by atoms with Gasteiger partial charge in [0.05, 0.1) is 0 Å². The van der Waals surface area contributed by atoms with E-state index < -0.39 is 0 Å². The second kappa shape index (κ2) is 6.94. The minimum atomic E-state index is 0.455. The summed E-state index contributed by atoms with van der Waals surface area (Å²) in [5.74, 6) is 0.455. The topological polar surface area (TPSA) is 0 Å². The summed E-state index contributed by atoms with van der Waals surface area (Å²) in [6.45, 7) is 4.45. The molecule has 0 saturated carbocycles. The minimum absolute atomic E-state index is 0.455. The molecule has 98 valence electrons. The molecule has 2 aromatic carbocycles. The van der Waals surface area contributed by atoms with Crippen molar-refractivity contribution in [1.82, 2.24) is 0 Å². The van der Waals surface area contributed by atoms with Crippen LogP contribution in [0, 0.1) is 0 Å². The van der Waals surface area contributed by atoms with Gasteiger partial charge in [0.25, 0.3) is 0 Å². The van der Waals surface area contributed by atoms with Gasteiger partial charge in [0, 0.05) is 0 Å². The SMILES string of the molecule is CCCc1ccc(C=CC(C)c2ccccc2)cc1. The quantitative estimate of drug-likeness (QED) is 0.661. The Morgan fingerprint density at radius 3 is 2.26 bits per heavy atom. The second-order valence-electron chi connectivity index (χ2n) is 5.05. The maximum atomic E-state index is 2.27.